The molecule has 0 atom stereocenters. The molecule has 268 valence electrons. The number of hydrogen-bond donors (Lipinski definition) is 1. The highest BCUT2D eigenvalue weighted by molar-refractivity contribution is 5.96. The Morgan fingerprint density at radius 3 is 2.18 bits per heavy atom. The number of nitrogens with zero attached hydrogens (tertiary/aromatic N) is 6. The van der Waals surface area contributed by atoms with E-state index < -0.39 is 28.7 Å². The number of piperidine rings is 1. The first-order chi connectivity index (χ1) is 23.8. The van der Waals surface area contributed by atoms with Crippen LogP contribution in [0.1, 0.15) is 94.2 Å². The van der Waals surface area contributed by atoms with Gasteiger partial charge >= 0.3 is 6.18 Å². The van der Waals surface area contributed by atoms with Crippen molar-refractivity contribution < 1.29 is 22.8 Å². The molecule has 3 saturated heterocycles. The van der Waals surface area contributed by atoms with Crippen molar-refractivity contribution in [1.82, 2.24) is 24.5 Å². The normalized spacial score (nSPS) is 29.4. The molecule has 4 aliphatic carbocycles. The lowest BCUT2D eigenvalue weighted by atomic mass is 9.49. The number of anilines is 1. The standard InChI is InChI=1S/C38H48F3N7O2/c1-36(2,35(50)44-30-4-3-28(17-42)33(12-30)38(39,40)41)48-19-29(18-43-48)27-5-7-45(8-6-27)31-20-46(21-31)32-22-47(23-32)34(49)16-37-13-24-9-25(14-37)11-26(10-24)15-37/h3-4,12,18-19,24-27,31-32H,5-11,13-16,20-23H2,1-2H3,(H,44,50). The Bertz CT molecular complexity index is 1640. The number of alkyl halides is 3. The van der Waals surface area contributed by atoms with E-state index in [0.29, 0.717) is 29.3 Å². The monoisotopic (exact) mass is 691 g/mol. The van der Waals surface area contributed by atoms with E-state index in [9.17, 15) is 22.8 Å². The fourth-order valence-corrected chi connectivity index (χ4v) is 10.6. The average molecular weight is 692 g/mol. The summed E-state index contributed by atoms with van der Waals surface area (Å²) in [6.07, 6.45) is 9.89. The zero-order valence-corrected chi connectivity index (χ0v) is 29.1. The van der Waals surface area contributed by atoms with Crippen LogP contribution in [0, 0.1) is 34.5 Å². The summed E-state index contributed by atoms with van der Waals surface area (Å²) in [5.41, 5.74) is -1.38. The van der Waals surface area contributed by atoms with Crippen LogP contribution in [-0.2, 0) is 21.3 Å². The minimum absolute atomic E-state index is 0.0284. The van der Waals surface area contributed by atoms with Crippen molar-refractivity contribution in [2.45, 2.75) is 101 Å². The van der Waals surface area contributed by atoms with Gasteiger partial charge in [0.05, 0.1) is 23.4 Å². The van der Waals surface area contributed by atoms with Gasteiger partial charge in [-0.15, -0.1) is 0 Å². The minimum atomic E-state index is -4.71. The number of benzene rings is 1. The topological polar surface area (TPSA) is 97.5 Å². The number of nitriles is 1. The van der Waals surface area contributed by atoms with Crippen LogP contribution in [0.15, 0.2) is 30.6 Å². The number of halogens is 3. The van der Waals surface area contributed by atoms with E-state index >= 15 is 0 Å². The summed E-state index contributed by atoms with van der Waals surface area (Å²) in [7, 11) is 0. The number of aromatic nitrogens is 2. The molecule has 1 aromatic carbocycles. The van der Waals surface area contributed by atoms with Crippen LogP contribution in [0.5, 0.6) is 0 Å². The Labute approximate surface area is 292 Å². The van der Waals surface area contributed by atoms with E-state index in [2.05, 4.69) is 25.1 Å². The van der Waals surface area contributed by atoms with Crippen molar-refractivity contribution in [3.63, 3.8) is 0 Å². The molecule has 2 aromatic rings. The summed E-state index contributed by atoms with van der Waals surface area (Å²) >= 11 is 0. The summed E-state index contributed by atoms with van der Waals surface area (Å²) < 4.78 is 41.9. The molecule has 7 fully saturated rings. The average Bonchev–Trinajstić information content (AvgIpc) is 3.52. The maximum atomic E-state index is 13.4. The van der Waals surface area contributed by atoms with Gasteiger partial charge < -0.3 is 10.2 Å². The SMILES string of the molecule is CC(C)(C(=O)Nc1ccc(C#N)c(C(F)(F)F)c1)n1cc(C2CCN(C3CN(C4CN(C(=O)CC56CC7CC(CC(C7)C5)C6)C4)C3)CC2)cn1. The molecular formula is C38H48F3N7O2. The van der Waals surface area contributed by atoms with Crippen molar-refractivity contribution in [2.75, 3.05) is 44.6 Å². The lowest BCUT2D eigenvalue weighted by molar-refractivity contribution is -0.149. The van der Waals surface area contributed by atoms with Gasteiger partial charge in [0, 0.05) is 56.6 Å². The number of amides is 2. The summed E-state index contributed by atoms with van der Waals surface area (Å²) in [6, 6.07) is 5.77. The fraction of sp³-hybridized carbons (Fsp3) is 0.684. The Balaban J connectivity index is 0.781. The molecule has 2 amide bonds. The van der Waals surface area contributed by atoms with Crippen molar-refractivity contribution in [2.24, 2.45) is 23.2 Å². The second-order valence-corrected chi connectivity index (χ2v) is 17.1. The number of carbonyl (C=O) groups excluding carboxylic acids is 2. The number of hydrogen-bond acceptors (Lipinski definition) is 6. The summed E-state index contributed by atoms with van der Waals surface area (Å²) in [5, 5.41) is 16.1. The number of carbonyl (C=O) groups is 2. The van der Waals surface area contributed by atoms with Gasteiger partial charge in [-0.05, 0) is 131 Å². The Morgan fingerprint density at radius 2 is 1.58 bits per heavy atom. The molecule has 4 saturated carbocycles. The van der Waals surface area contributed by atoms with E-state index in [1.54, 1.807) is 30.8 Å². The first kappa shape index (κ1) is 33.7. The molecule has 50 heavy (non-hydrogen) atoms. The number of likely N-dealkylation sites (tertiary alicyclic amines) is 3. The van der Waals surface area contributed by atoms with Gasteiger partial charge in [-0.3, -0.25) is 24.1 Å². The summed E-state index contributed by atoms with van der Waals surface area (Å²) in [4.78, 5) is 33.8. The van der Waals surface area contributed by atoms with Gasteiger partial charge in [0.1, 0.15) is 5.54 Å². The fourth-order valence-electron chi connectivity index (χ4n) is 10.6. The molecule has 4 heterocycles. The molecule has 9 rings (SSSR count). The molecule has 12 heteroatoms. The predicted octanol–water partition coefficient (Wildman–Crippen LogP) is 5.83. The Kier molecular flexibility index (Phi) is 8.33. The third-order valence-electron chi connectivity index (χ3n) is 13.3. The molecule has 1 aromatic heterocycles. The number of rotatable bonds is 8. The van der Waals surface area contributed by atoms with E-state index in [0.717, 1.165) is 94.0 Å². The molecule has 1 N–H and O–H groups in total. The second kappa shape index (κ2) is 12.4. The largest absolute Gasteiger partial charge is 0.417 e. The van der Waals surface area contributed by atoms with Crippen molar-refractivity contribution in [3.8, 4) is 6.07 Å². The molecule has 0 spiro atoms. The second-order valence-electron chi connectivity index (χ2n) is 17.1. The Morgan fingerprint density at radius 1 is 0.960 bits per heavy atom. The van der Waals surface area contributed by atoms with Gasteiger partial charge in [-0.2, -0.15) is 23.5 Å². The van der Waals surface area contributed by atoms with E-state index in [4.69, 9.17) is 5.26 Å². The van der Waals surface area contributed by atoms with Crippen molar-refractivity contribution >= 4 is 17.5 Å². The third-order valence-corrected chi connectivity index (χ3v) is 13.3. The van der Waals surface area contributed by atoms with E-state index in [-0.39, 0.29) is 5.69 Å². The van der Waals surface area contributed by atoms with Crippen LogP contribution in [-0.4, -0.2) is 87.6 Å². The Hall–Kier alpha value is -3.43. The highest BCUT2D eigenvalue weighted by Gasteiger charge is 2.53. The van der Waals surface area contributed by atoms with Crippen LogP contribution in [0.3, 0.4) is 0 Å². The molecule has 7 aliphatic rings. The summed E-state index contributed by atoms with van der Waals surface area (Å²) in [5.74, 6) is 2.87. The zero-order chi connectivity index (χ0) is 35.0. The third kappa shape index (κ3) is 6.23. The lowest BCUT2D eigenvalue weighted by Gasteiger charge is -2.58. The quantitative estimate of drug-likeness (QED) is 0.375. The molecule has 0 unspecified atom stereocenters. The minimum Gasteiger partial charge on any atom is -0.339 e. The van der Waals surface area contributed by atoms with Crippen LogP contribution in [0.25, 0.3) is 0 Å². The van der Waals surface area contributed by atoms with Gasteiger partial charge in [0.25, 0.3) is 5.91 Å². The van der Waals surface area contributed by atoms with Gasteiger partial charge in [0.2, 0.25) is 5.91 Å². The van der Waals surface area contributed by atoms with Crippen LogP contribution in [0.4, 0.5) is 18.9 Å². The highest BCUT2D eigenvalue weighted by atomic mass is 19.4. The van der Waals surface area contributed by atoms with Crippen molar-refractivity contribution in [1.29, 1.82) is 5.26 Å². The molecular weight excluding hydrogens is 643 g/mol. The first-order valence-corrected chi connectivity index (χ1v) is 18.5. The molecule has 9 nitrogen and oxygen atoms in total. The zero-order valence-electron chi connectivity index (χ0n) is 29.1. The van der Waals surface area contributed by atoms with Crippen LogP contribution in [0.2, 0.25) is 0 Å². The maximum Gasteiger partial charge on any atom is 0.417 e. The molecule has 3 aliphatic heterocycles. The van der Waals surface area contributed by atoms with E-state index in [1.807, 2.05) is 6.20 Å². The van der Waals surface area contributed by atoms with E-state index in [1.165, 1.54) is 44.6 Å². The van der Waals surface area contributed by atoms with Gasteiger partial charge in [0.15, 0.2) is 0 Å². The predicted molar refractivity (Wildman–Crippen MR) is 181 cm³/mol. The van der Waals surface area contributed by atoms with Crippen LogP contribution < -0.4 is 5.32 Å². The van der Waals surface area contributed by atoms with Crippen molar-refractivity contribution in [3.05, 3.63) is 47.3 Å². The molecule has 4 bridgehead atoms. The first-order valence-electron chi connectivity index (χ1n) is 18.5. The summed E-state index contributed by atoms with van der Waals surface area (Å²) in [6.45, 7) is 9.27. The highest BCUT2D eigenvalue weighted by Crippen LogP contribution is 2.61. The number of nitrogens with one attached hydrogen (secondary N) is 1. The lowest BCUT2D eigenvalue weighted by Crippen LogP contribution is -2.70. The maximum absolute atomic E-state index is 13.4. The molecule has 0 radical (unpaired) electrons. The smallest absolute Gasteiger partial charge is 0.339 e. The van der Waals surface area contributed by atoms with Gasteiger partial charge in [-0.1, -0.05) is 0 Å². The van der Waals surface area contributed by atoms with Crippen LogP contribution >= 0.6 is 0 Å². The van der Waals surface area contributed by atoms with Gasteiger partial charge in [-0.25, -0.2) is 0 Å².